The molecule has 1 aliphatic carbocycles. The van der Waals surface area contributed by atoms with Crippen LogP contribution in [0.2, 0.25) is 0 Å². The molecule has 2 heteroatoms. The van der Waals surface area contributed by atoms with Crippen LogP contribution in [0, 0.1) is 17.8 Å². The van der Waals surface area contributed by atoms with Gasteiger partial charge in [-0.3, -0.25) is 0 Å². The topological polar surface area (TPSA) is 29.5 Å². The van der Waals surface area contributed by atoms with Gasteiger partial charge in [0, 0.05) is 6.61 Å². The Kier molecular flexibility index (Phi) is 4.14. The molecule has 1 saturated heterocycles. The molecule has 5 atom stereocenters. The van der Waals surface area contributed by atoms with Crippen molar-refractivity contribution in [3.8, 4) is 0 Å². The van der Waals surface area contributed by atoms with Gasteiger partial charge >= 0.3 is 0 Å². The van der Waals surface area contributed by atoms with Gasteiger partial charge in [-0.1, -0.05) is 20.3 Å². The quantitative estimate of drug-likeness (QED) is 0.802. The standard InChI is InChI=1S/C15H28O2/c1-11-6-7-13(10-12(11)2)14(16)15(3)8-4-5-9-17-15/h11-14,16H,4-10H2,1-3H3. The minimum Gasteiger partial charge on any atom is -0.390 e. The molecule has 1 heterocycles. The second-order valence-corrected chi connectivity index (χ2v) is 6.59. The average molecular weight is 240 g/mol. The van der Waals surface area contributed by atoms with E-state index in [2.05, 4.69) is 20.8 Å². The monoisotopic (exact) mass is 240 g/mol. The van der Waals surface area contributed by atoms with Crippen LogP contribution in [0.4, 0.5) is 0 Å². The fourth-order valence-electron chi connectivity index (χ4n) is 3.56. The van der Waals surface area contributed by atoms with Crippen LogP contribution in [-0.4, -0.2) is 23.4 Å². The SMILES string of the molecule is CC1CCC(C(O)C2(C)CCCCO2)CC1C. The lowest BCUT2D eigenvalue weighted by Crippen LogP contribution is -2.49. The Morgan fingerprint density at radius 3 is 2.53 bits per heavy atom. The molecule has 0 amide bonds. The summed E-state index contributed by atoms with van der Waals surface area (Å²) in [6, 6.07) is 0. The maximum atomic E-state index is 10.6. The average Bonchev–Trinajstić information content (AvgIpc) is 2.33. The van der Waals surface area contributed by atoms with Crippen LogP contribution in [0.15, 0.2) is 0 Å². The molecule has 2 nitrogen and oxygen atoms in total. The Morgan fingerprint density at radius 1 is 1.18 bits per heavy atom. The third kappa shape index (κ3) is 2.85. The Hall–Kier alpha value is -0.0800. The number of aliphatic hydroxyl groups excluding tert-OH is 1. The van der Waals surface area contributed by atoms with Gasteiger partial charge in [0.15, 0.2) is 0 Å². The minimum absolute atomic E-state index is 0.266. The first-order valence-electron chi connectivity index (χ1n) is 7.35. The van der Waals surface area contributed by atoms with Gasteiger partial charge in [-0.25, -0.2) is 0 Å². The van der Waals surface area contributed by atoms with E-state index in [4.69, 9.17) is 4.74 Å². The van der Waals surface area contributed by atoms with Crippen LogP contribution in [0.1, 0.15) is 59.3 Å². The lowest BCUT2D eigenvalue weighted by Gasteiger charge is -2.44. The molecule has 2 aliphatic rings. The summed E-state index contributed by atoms with van der Waals surface area (Å²) in [4.78, 5) is 0. The highest BCUT2D eigenvalue weighted by Crippen LogP contribution is 2.40. The van der Waals surface area contributed by atoms with Gasteiger partial charge in [-0.2, -0.15) is 0 Å². The molecule has 1 N–H and O–H groups in total. The lowest BCUT2D eigenvalue weighted by atomic mass is 9.70. The van der Waals surface area contributed by atoms with Crippen LogP contribution in [0.3, 0.4) is 0 Å². The van der Waals surface area contributed by atoms with E-state index in [1.165, 1.54) is 25.7 Å². The third-order valence-corrected chi connectivity index (χ3v) is 5.21. The molecule has 0 aromatic heterocycles. The maximum Gasteiger partial charge on any atom is 0.0914 e. The molecule has 0 radical (unpaired) electrons. The smallest absolute Gasteiger partial charge is 0.0914 e. The zero-order chi connectivity index (χ0) is 12.5. The van der Waals surface area contributed by atoms with E-state index < -0.39 is 0 Å². The molecule has 0 bridgehead atoms. The van der Waals surface area contributed by atoms with Crippen LogP contribution < -0.4 is 0 Å². The van der Waals surface area contributed by atoms with Crippen LogP contribution in [-0.2, 0) is 4.74 Å². The first-order valence-corrected chi connectivity index (χ1v) is 7.35. The van der Waals surface area contributed by atoms with Crippen LogP contribution >= 0.6 is 0 Å². The first kappa shape index (κ1) is 13.4. The summed E-state index contributed by atoms with van der Waals surface area (Å²) in [5, 5.41) is 10.6. The van der Waals surface area contributed by atoms with Gasteiger partial charge < -0.3 is 9.84 Å². The van der Waals surface area contributed by atoms with Gasteiger partial charge in [0.05, 0.1) is 11.7 Å². The van der Waals surface area contributed by atoms with E-state index in [1.54, 1.807) is 0 Å². The predicted molar refractivity (Wildman–Crippen MR) is 69.9 cm³/mol. The summed E-state index contributed by atoms with van der Waals surface area (Å²) in [6.45, 7) is 7.60. The maximum absolute atomic E-state index is 10.6. The molecular formula is C15H28O2. The third-order valence-electron chi connectivity index (χ3n) is 5.21. The molecule has 0 aromatic carbocycles. The van der Waals surface area contributed by atoms with Gasteiger partial charge in [0.1, 0.15) is 0 Å². The molecule has 2 fully saturated rings. The Bertz CT molecular complexity index is 245. The highest BCUT2D eigenvalue weighted by Gasteiger charge is 2.42. The fourth-order valence-corrected chi connectivity index (χ4v) is 3.56. The minimum atomic E-state index is -0.275. The van der Waals surface area contributed by atoms with Gasteiger partial charge in [-0.05, 0) is 56.8 Å². The van der Waals surface area contributed by atoms with Crippen molar-refractivity contribution in [3.05, 3.63) is 0 Å². The Morgan fingerprint density at radius 2 is 1.94 bits per heavy atom. The van der Waals surface area contributed by atoms with Crippen molar-refractivity contribution >= 4 is 0 Å². The highest BCUT2D eigenvalue weighted by atomic mass is 16.5. The summed E-state index contributed by atoms with van der Waals surface area (Å²) in [5.74, 6) is 2.01. The molecular weight excluding hydrogens is 212 g/mol. The zero-order valence-corrected chi connectivity index (χ0v) is 11.6. The summed E-state index contributed by atoms with van der Waals surface area (Å²) in [5.41, 5.74) is -0.275. The molecule has 100 valence electrons. The van der Waals surface area contributed by atoms with E-state index in [9.17, 15) is 5.11 Å². The largest absolute Gasteiger partial charge is 0.390 e. The molecule has 17 heavy (non-hydrogen) atoms. The van der Waals surface area contributed by atoms with Crippen molar-refractivity contribution in [2.45, 2.75) is 71.0 Å². The normalized spacial score (nSPS) is 45.5. The van der Waals surface area contributed by atoms with Crippen molar-refractivity contribution in [1.29, 1.82) is 0 Å². The Balaban J connectivity index is 1.96. The molecule has 1 saturated carbocycles. The Labute approximate surface area is 106 Å². The number of hydrogen-bond donors (Lipinski definition) is 1. The molecule has 2 rings (SSSR count). The van der Waals surface area contributed by atoms with Gasteiger partial charge in [-0.15, -0.1) is 0 Å². The van der Waals surface area contributed by atoms with E-state index in [0.717, 1.165) is 31.3 Å². The highest BCUT2D eigenvalue weighted by molar-refractivity contribution is 4.92. The number of aliphatic hydroxyl groups is 1. The van der Waals surface area contributed by atoms with E-state index in [0.29, 0.717) is 5.92 Å². The molecule has 5 unspecified atom stereocenters. The van der Waals surface area contributed by atoms with Crippen molar-refractivity contribution in [2.75, 3.05) is 6.61 Å². The summed E-state index contributed by atoms with van der Waals surface area (Å²) in [7, 11) is 0. The lowest BCUT2D eigenvalue weighted by molar-refractivity contribution is -0.159. The van der Waals surface area contributed by atoms with Gasteiger partial charge in [0.25, 0.3) is 0 Å². The van der Waals surface area contributed by atoms with E-state index >= 15 is 0 Å². The van der Waals surface area contributed by atoms with E-state index in [-0.39, 0.29) is 11.7 Å². The second-order valence-electron chi connectivity index (χ2n) is 6.59. The molecule has 0 spiro atoms. The summed E-state index contributed by atoms with van der Waals surface area (Å²) >= 11 is 0. The zero-order valence-electron chi connectivity index (χ0n) is 11.6. The second kappa shape index (κ2) is 5.27. The number of rotatable bonds is 2. The van der Waals surface area contributed by atoms with Crippen molar-refractivity contribution in [1.82, 2.24) is 0 Å². The summed E-state index contributed by atoms with van der Waals surface area (Å²) in [6.07, 6.45) is 6.71. The predicted octanol–water partition coefficient (Wildman–Crippen LogP) is 3.38. The first-order chi connectivity index (χ1) is 8.03. The number of ether oxygens (including phenoxy) is 1. The van der Waals surface area contributed by atoms with Crippen LogP contribution in [0.25, 0.3) is 0 Å². The van der Waals surface area contributed by atoms with E-state index in [1.807, 2.05) is 0 Å². The molecule has 0 aromatic rings. The summed E-state index contributed by atoms with van der Waals surface area (Å²) < 4.78 is 5.89. The van der Waals surface area contributed by atoms with Crippen molar-refractivity contribution in [3.63, 3.8) is 0 Å². The fraction of sp³-hybridized carbons (Fsp3) is 1.00. The van der Waals surface area contributed by atoms with Gasteiger partial charge in [0.2, 0.25) is 0 Å². The number of hydrogen-bond acceptors (Lipinski definition) is 2. The van der Waals surface area contributed by atoms with Crippen molar-refractivity contribution < 1.29 is 9.84 Å². The van der Waals surface area contributed by atoms with Crippen molar-refractivity contribution in [2.24, 2.45) is 17.8 Å². The van der Waals surface area contributed by atoms with Crippen LogP contribution in [0.5, 0.6) is 0 Å². The molecule has 1 aliphatic heterocycles.